The van der Waals surface area contributed by atoms with Crippen molar-refractivity contribution in [1.29, 1.82) is 0 Å². The highest BCUT2D eigenvalue weighted by molar-refractivity contribution is 14.0. The fourth-order valence-electron chi connectivity index (χ4n) is 2.46. The zero-order chi connectivity index (χ0) is 21.4. The first-order chi connectivity index (χ1) is 13.7. The van der Waals surface area contributed by atoms with Crippen molar-refractivity contribution in [3.05, 3.63) is 63.2 Å². The number of hydrogen-bond acceptors (Lipinski definition) is 6. The van der Waals surface area contributed by atoms with E-state index in [4.69, 9.17) is 11.6 Å². The number of halogens is 2. The van der Waals surface area contributed by atoms with Gasteiger partial charge < -0.3 is 16.0 Å². The van der Waals surface area contributed by atoms with Gasteiger partial charge >= 0.3 is 0 Å². The van der Waals surface area contributed by atoms with E-state index in [0.717, 1.165) is 17.9 Å². The molecular formula is C18H23ClIN5O4S. The van der Waals surface area contributed by atoms with E-state index in [1.165, 1.54) is 12.1 Å². The Morgan fingerprint density at radius 1 is 1.17 bits per heavy atom. The van der Waals surface area contributed by atoms with Gasteiger partial charge in [0.25, 0.3) is 5.69 Å². The molecule has 2 aromatic carbocycles. The Labute approximate surface area is 197 Å². The van der Waals surface area contributed by atoms with Crippen molar-refractivity contribution in [2.75, 3.05) is 31.7 Å². The predicted molar refractivity (Wildman–Crippen MR) is 130 cm³/mol. The van der Waals surface area contributed by atoms with E-state index < -0.39 is 14.8 Å². The van der Waals surface area contributed by atoms with Crippen molar-refractivity contribution in [2.24, 2.45) is 4.99 Å². The molecule has 0 saturated heterocycles. The molecule has 12 heteroatoms. The molecule has 0 radical (unpaired) electrons. The smallest absolute Gasteiger partial charge is 0.293 e. The zero-order valence-corrected chi connectivity index (χ0v) is 20.3. The number of benzene rings is 2. The van der Waals surface area contributed by atoms with Crippen LogP contribution in [0.2, 0.25) is 5.02 Å². The number of nitro benzene ring substituents is 1. The van der Waals surface area contributed by atoms with E-state index in [1.807, 2.05) is 18.2 Å². The summed E-state index contributed by atoms with van der Waals surface area (Å²) in [6.45, 7) is 1.27. The molecule has 3 N–H and O–H groups in total. The van der Waals surface area contributed by atoms with Crippen LogP contribution < -0.4 is 16.0 Å². The average molecular weight is 568 g/mol. The number of rotatable bonds is 8. The van der Waals surface area contributed by atoms with Gasteiger partial charge in [0, 0.05) is 44.0 Å². The Morgan fingerprint density at radius 3 is 2.47 bits per heavy atom. The van der Waals surface area contributed by atoms with E-state index in [0.29, 0.717) is 30.6 Å². The molecule has 0 aliphatic heterocycles. The Bertz CT molecular complexity index is 1020. The van der Waals surface area contributed by atoms with E-state index >= 15 is 0 Å². The number of guanidine groups is 1. The first-order valence-corrected chi connectivity index (χ1v) is 10.9. The van der Waals surface area contributed by atoms with Crippen LogP contribution in [0.25, 0.3) is 0 Å². The highest BCUT2D eigenvalue weighted by atomic mass is 127. The maximum Gasteiger partial charge on any atom is 0.293 e. The van der Waals surface area contributed by atoms with Crippen molar-refractivity contribution in [3.63, 3.8) is 0 Å². The summed E-state index contributed by atoms with van der Waals surface area (Å²) in [6, 6.07) is 11.2. The van der Waals surface area contributed by atoms with Gasteiger partial charge in [-0.2, -0.15) is 0 Å². The summed E-state index contributed by atoms with van der Waals surface area (Å²) in [4.78, 5) is 14.6. The van der Waals surface area contributed by atoms with Crippen molar-refractivity contribution in [3.8, 4) is 0 Å². The van der Waals surface area contributed by atoms with Crippen LogP contribution in [0.3, 0.4) is 0 Å². The minimum absolute atomic E-state index is 0. The van der Waals surface area contributed by atoms with Crippen molar-refractivity contribution in [2.45, 2.75) is 11.4 Å². The number of nitrogens with one attached hydrogen (secondary N) is 3. The minimum Gasteiger partial charge on any atom is -0.378 e. The third kappa shape index (κ3) is 7.61. The number of aliphatic imine (C=N–C) groups is 1. The van der Waals surface area contributed by atoms with E-state index in [2.05, 4.69) is 20.9 Å². The van der Waals surface area contributed by atoms with Gasteiger partial charge in [-0.3, -0.25) is 15.1 Å². The second kappa shape index (κ2) is 11.9. The zero-order valence-electron chi connectivity index (χ0n) is 16.4. The van der Waals surface area contributed by atoms with E-state index in [1.54, 1.807) is 13.1 Å². The molecule has 0 saturated carbocycles. The molecule has 164 valence electrons. The molecule has 0 amide bonds. The molecule has 2 rings (SSSR count). The first kappa shape index (κ1) is 25.9. The SMILES string of the molecule is CN=C(NCCNc1ccc(S(C)(=O)=O)cc1[N+](=O)[O-])NCc1ccccc1Cl.I. The molecule has 2 aromatic rings. The summed E-state index contributed by atoms with van der Waals surface area (Å²) in [5.74, 6) is 0.550. The fraction of sp³-hybridized carbons (Fsp3) is 0.278. The highest BCUT2D eigenvalue weighted by Gasteiger charge is 2.18. The second-order valence-electron chi connectivity index (χ2n) is 6.08. The van der Waals surface area contributed by atoms with Crippen LogP contribution in [0, 0.1) is 10.1 Å². The third-order valence-corrected chi connectivity index (χ3v) is 5.43. The Hall–Kier alpha value is -2.12. The number of nitrogens with zero attached hydrogens (tertiary/aromatic N) is 2. The maximum atomic E-state index is 11.6. The van der Waals surface area contributed by atoms with Crippen LogP contribution in [0.1, 0.15) is 5.56 Å². The number of hydrogen-bond donors (Lipinski definition) is 3. The number of nitro groups is 1. The van der Waals surface area contributed by atoms with Gasteiger partial charge in [0.2, 0.25) is 0 Å². The monoisotopic (exact) mass is 567 g/mol. The molecule has 0 aromatic heterocycles. The summed E-state index contributed by atoms with van der Waals surface area (Å²) in [5.41, 5.74) is 0.870. The van der Waals surface area contributed by atoms with Crippen molar-refractivity contribution < 1.29 is 13.3 Å². The van der Waals surface area contributed by atoms with Crippen LogP contribution in [0.15, 0.2) is 52.4 Å². The first-order valence-electron chi connectivity index (χ1n) is 8.62. The lowest BCUT2D eigenvalue weighted by atomic mass is 10.2. The molecule has 0 bridgehead atoms. The second-order valence-corrected chi connectivity index (χ2v) is 8.50. The average Bonchev–Trinajstić information content (AvgIpc) is 2.67. The van der Waals surface area contributed by atoms with E-state index in [9.17, 15) is 18.5 Å². The summed E-state index contributed by atoms with van der Waals surface area (Å²) < 4.78 is 23.2. The lowest BCUT2D eigenvalue weighted by Gasteiger charge is -2.13. The number of sulfone groups is 1. The fourth-order valence-corrected chi connectivity index (χ4v) is 3.31. The Balaban J connectivity index is 0.00000450. The minimum atomic E-state index is -3.53. The topological polar surface area (TPSA) is 126 Å². The van der Waals surface area contributed by atoms with Crippen LogP contribution >= 0.6 is 35.6 Å². The molecule has 0 atom stereocenters. The highest BCUT2D eigenvalue weighted by Crippen LogP contribution is 2.27. The Kier molecular flexibility index (Phi) is 10.3. The van der Waals surface area contributed by atoms with Gasteiger partial charge in [-0.05, 0) is 23.8 Å². The van der Waals surface area contributed by atoms with Crippen molar-refractivity contribution >= 4 is 62.7 Å². The third-order valence-electron chi connectivity index (χ3n) is 3.95. The molecule has 0 fully saturated rings. The molecule has 0 aliphatic carbocycles. The van der Waals surface area contributed by atoms with Crippen LogP contribution in [0.5, 0.6) is 0 Å². The van der Waals surface area contributed by atoms with Gasteiger partial charge in [0.15, 0.2) is 15.8 Å². The summed E-state index contributed by atoms with van der Waals surface area (Å²) in [7, 11) is -1.90. The quantitative estimate of drug-likeness (QED) is 0.112. The van der Waals surface area contributed by atoms with Crippen LogP contribution in [-0.2, 0) is 16.4 Å². The maximum absolute atomic E-state index is 11.6. The Morgan fingerprint density at radius 2 is 1.87 bits per heavy atom. The van der Waals surface area contributed by atoms with Gasteiger partial charge in [-0.1, -0.05) is 29.8 Å². The summed E-state index contributed by atoms with van der Waals surface area (Å²) in [5, 5.41) is 21.1. The van der Waals surface area contributed by atoms with Crippen LogP contribution in [0.4, 0.5) is 11.4 Å². The standard InChI is InChI=1S/C18H22ClN5O4S.HI/c1-20-18(23-12-13-5-3-4-6-15(13)19)22-10-9-21-16-8-7-14(29(2,27)28)11-17(16)24(25)26;/h3-8,11,21H,9-10,12H2,1-2H3,(H2,20,22,23);1H. The summed E-state index contributed by atoms with van der Waals surface area (Å²) >= 11 is 6.12. The molecule has 9 nitrogen and oxygen atoms in total. The molecule has 0 heterocycles. The molecular weight excluding hydrogens is 545 g/mol. The molecule has 0 spiro atoms. The lowest BCUT2D eigenvalue weighted by Crippen LogP contribution is -2.39. The van der Waals surface area contributed by atoms with Gasteiger partial charge in [-0.25, -0.2) is 8.42 Å². The van der Waals surface area contributed by atoms with Crippen molar-refractivity contribution in [1.82, 2.24) is 10.6 Å². The normalized spacial score (nSPS) is 11.4. The largest absolute Gasteiger partial charge is 0.378 e. The van der Waals surface area contributed by atoms with Gasteiger partial charge in [0.1, 0.15) is 5.69 Å². The molecule has 0 unspecified atom stereocenters. The van der Waals surface area contributed by atoms with E-state index in [-0.39, 0.29) is 40.2 Å². The number of anilines is 1. The molecule has 30 heavy (non-hydrogen) atoms. The summed E-state index contributed by atoms with van der Waals surface area (Å²) in [6.07, 6.45) is 1.00. The van der Waals surface area contributed by atoms with Crippen LogP contribution in [-0.4, -0.2) is 45.7 Å². The van der Waals surface area contributed by atoms with Gasteiger partial charge in [0.05, 0.1) is 9.82 Å². The van der Waals surface area contributed by atoms with Gasteiger partial charge in [-0.15, -0.1) is 24.0 Å². The molecule has 0 aliphatic rings. The lowest BCUT2D eigenvalue weighted by molar-refractivity contribution is -0.384. The predicted octanol–water partition coefficient (Wildman–Crippen LogP) is 3.05.